The Balaban J connectivity index is 1.80. The lowest BCUT2D eigenvalue weighted by molar-refractivity contribution is -0.129. The molecule has 0 radical (unpaired) electrons. The van der Waals surface area contributed by atoms with E-state index in [4.69, 9.17) is 16.3 Å². The smallest absolute Gasteiger partial charge is 0.235 e. The molecule has 29 heavy (non-hydrogen) atoms. The Morgan fingerprint density at radius 3 is 2.86 bits per heavy atom. The Kier molecular flexibility index (Phi) is 5.11. The first-order valence-electron chi connectivity index (χ1n) is 9.31. The standard InChI is InChI=1S/C22H20ClN3O3/c1-24-20(27)11-22(8-9-29-19-7-6-15(23)10-17(19)22)21(28)26-18-13-25-12-14-4-2-3-5-16(14)18/h2-7,10,12-13H,8-9,11H2,1H3,(H,24,27)(H,26,28)/t22-/m1/s1. The minimum atomic E-state index is -1.10. The van der Waals surface area contributed by atoms with Gasteiger partial charge in [-0.1, -0.05) is 35.9 Å². The maximum atomic E-state index is 13.6. The predicted molar refractivity (Wildman–Crippen MR) is 112 cm³/mol. The topological polar surface area (TPSA) is 80.3 Å². The summed E-state index contributed by atoms with van der Waals surface area (Å²) < 4.78 is 5.74. The highest BCUT2D eigenvalue weighted by atomic mass is 35.5. The maximum absolute atomic E-state index is 13.6. The van der Waals surface area contributed by atoms with Gasteiger partial charge in [0.15, 0.2) is 0 Å². The van der Waals surface area contributed by atoms with Gasteiger partial charge in [-0.15, -0.1) is 0 Å². The Morgan fingerprint density at radius 1 is 1.21 bits per heavy atom. The van der Waals surface area contributed by atoms with Crippen LogP contribution >= 0.6 is 11.6 Å². The number of amides is 2. The lowest BCUT2D eigenvalue weighted by Gasteiger charge is -2.37. The van der Waals surface area contributed by atoms with Gasteiger partial charge in [0.25, 0.3) is 0 Å². The molecule has 2 heterocycles. The third-order valence-corrected chi connectivity index (χ3v) is 5.57. The fraction of sp³-hybridized carbons (Fsp3) is 0.227. The molecule has 1 aliphatic rings. The second-order valence-electron chi connectivity index (χ2n) is 7.03. The van der Waals surface area contributed by atoms with E-state index in [0.29, 0.717) is 35.1 Å². The van der Waals surface area contributed by atoms with Crippen molar-refractivity contribution < 1.29 is 14.3 Å². The van der Waals surface area contributed by atoms with Crippen LogP contribution in [0, 0.1) is 0 Å². The summed E-state index contributed by atoms with van der Waals surface area (Å²) in [5.74, 6) is 0.0471. The molecule has 0 aliphatic carbocycles. The molecule has 0 bridgehead atoms. The molecule has 0 saturated heterocycles. The molecule has 6 nitrogen and oxygen atoms in total. The average Bonchev–Trinajstić information content (AvgIpc) is 2.74. The molecular weight excluding hydrogens is 390 g/mol. The van der Waals surface area contributed by atoms with Gasteiger partial charge in [0, 0.05) is 47.4 Å². The van der Waals surface area contributed by atoms with E-state index < -0.39 is 5.41 Å². The van der Waals surface area contributed by atoms with Crippen molar-refractivity contribution in [3.63, 3.8) is 0 Å². The van der Waals surface area contributed by atoms with Crippen molar-refractivity contribution in [3.05, 3.63) is 65.4 Å². The largest absolute Gasteiger partial charge is 0.493 e. The molecule has 2 N–H and O–H groups in total. The fourth-order valence-corrected chi connectivity index (χ4v) is 3.96. The molecule has 0 unspecified atom stereocenters. The maximum Gasteiger partial charge on any atom is 0.235 e. The predicted octanol–water partition coefficient (Wildman–Crippen LogP) is 3.68. The van der Waals surface area contributed by atoms with E-state index in [1.54, 1.807) is 37.6 Å². The summed E-state index contributed by atoms with van der Waals surface area (Å²) >= 11 is 6.22. The van der Waals surface area contributed by atoms with Crippen LogP contribution in [0.3, 0.4) is 0 Å². The SMILES string of the molecule is CNC(=O)C[C@]1(C(=O)Nc2cncc3ccccc23)CCOc2ccc(Cl)cc21. The van der Waals surface area contributed by atoms with Crippen LogP contribution in [-0.4, -0.2) is 30.5 Å². The van der Waals surface area contributed by atoms with Crippen molar-refractivity contribution in [3.8, 4) is 5.75 Å². The number of pyridine rings is 1. The van der Waals surface area contributed by atoms with Gasteiger partial charge in [-0.2, -0.15) is 0 Å². The number of fused-ring (bicyclic) bond motifs is 2. The zero-order valence-electron chi connectivity index (χ0n) is 15.9. The van der Waals surface area contributed by atoms with Crippen molar-refractivity contribution in [2.45, 2.75) is 18.3 Å². The van der Waals surface area contributed by atoms with Gasteiger partial charge in [-0.3, -0.25) is 14.6 Å². The summed E-state index contributed by atoms with van der Waals surface area (Å²) in [5.41, 5.74) is 0.111. The number of aromatic nitrogens is 1. The van der Waals surface area contributed by atoms with Gasteiger partial charge < -0.3 is 15.4 Å². The number of rotatable bonds is 4. The number of ether oxygens (including phenoxy) is 1. The van der Waals surface area contributed by atoms with Crippen molar-refractivity contribution in [2.75, 3.05) is 19.0 Å². The van der Waals surface area contributed by atoms with Crippen molar-refractivity contribution in [2.24, 2.45) is 0 Å². The lowest BCUT2D eigenvalue weighted by atomic mass is 9.72. The Morgan fingerprint density at radius 2 is 2.03 bits per heavy atom. The van der Waals surface area contributed by atoms with E-state index in [1.165, 1.54) is 0 Å². The van der Waals surface area contributed by atoms with Crippen LogP contribution in [0.5, 0.6) is 5.75 Å². The number of hydrogen-bond acceptors (Lipinski definition) is 4. The quantitative estimate of drug-likeness (QED) is 0.688. The van der Waals surface area contributed by atoms with E-state index >= 15 is 0 Å². The molecule has 1 aromatic heterocycles. The molecule has 0 spiro atoms. The number of carbonyl (C=O) groups is 2. The lowest BCUT2D eigenvalue weighted by Crippen LogP contribution is -2.47. The molecule has 1 aliphatic heterocycles. The first kappa shape index (κ1) is 19.2. The van der Waals surface area contributed by atoms with Crippen LogP contribution in [0.2, 0.25) is 5.02 Å². The number of carbonyl (C=O) groups excluding carboxylic acids is 2. The van der Waals surface area contributed by atoms with Gasteiger partial charge >= 0.3 is 0 Å². The van der Waals surface area contributed by atoms with Crippen LogP contribution in [0.1, 0.15) is 18.4 Å². The van der Waals surface area contributed by atoms with Crippen LogP contribution < -0.4 is 15.4 Å². The number of nitrogens with one attached hydrogen (secondary N) is 2. The minimum absolute atomic E-state index is 0.00969. The Bertz CT molecular complexity index is 1100. The Labute approximate surface area is 173 Å². The normalized spacial score (nSPS) is 17.9. The van der Waals surface area contributed by atoms with Gasteiger partial charge in [-0.05, 0) is 18.2 Å². The van der Waals surface area contributed by atoms with Crippen LogP contribution in [-0.2, 0) is 15.0 Å². The average molecular weight is 410 g/mol. The highest BCUT2D eigenvalue weighted by Gasteiger charge is 2.46. The molecule has 2 amide bonds. The first-order chi connectivity index (χ1) is 14.0. The highest BCUT2D eigenvalue weighted by molar-refractivity contribution is 6.30. The number of halogens is 1. The van der Waals surface area contributed by atoms with Crippen molar-refractivity contribution >= 4 is 39.9 Å². The monoisotopic (exact) mass is 409 g/mol. The zero-order valence-corrected chi connectivity index (χ0v) is 16.6. The third kappa shape index (κ3) is 3.51. The van der Waals surface area contributed by atoms with E-state index in [2.05, 4.69) is 15.6 Å². The number of benzene rings is 2. The molecule has 148 valence electrons. The van der Waals surface area contributed by atoms with Crippen LogP contribution in [0.25, 0.3) is 10.8 Å². The van der Waals surface area contributed by atoms with E-state index in [-0.39, 0.29) is 18.2 Å². The first-order valence-corrected chi connectivity index (χ1v) is 9.69. The second kappa shape index (κ2) is 7.72. The summed E-state index contributed by atoms with van der Waals surface area (Å²) in [5, 5.41) is 7.91. The fourth-order valence-electron chi connectivity index (χ4n) is 3.79. The molecule has 0 saturated carbocycles. The highest BCUT2D eigenvalue weighted by Crippen LogP contribution is 2.43. The van der Waals surface area contributed by atoms with Gasteiger partial charge in [0.1, 0.15) is 5.75 Å². The van der Waals surface area contributed by atoms with Gasteiger partial charge in [0.2, 0.25) is 11.8 Å². The number of nitrogens with zero attached hydrogens (tertiary/aromatic N) is 1. The summed E-state index contributed by atoms with van der Waals surface area (Å²) in [4.78, 5) is 30.2. The summed E-state index contributed by atoms with van der Waals surface area (Å²) in [6.45, 7) is 0.326. The van der Waals surface area contributed by atoms with E-state index in [1.807, 2.05) is 24.3 Å². The molecule has 2 aromatic carbocycles. The molecule has 3 aromatic rings. The second-order valence-corrected chi connectivity index (χ2v) is 7.47. The van der Waals surface area contributed by atoms with Crippen molar-refractivity contribution in [1.29, 1.82) is 0 Å². The summed E-state index contributed by atoms with van der Waals surface area (Å²) in [7, 11) is 1.56. The third-order valence-electron chi connectivity index (χ3n) is 5.34. The van der Waals surface area contributed by atoms with E-state index in [0.717, 1.165) is 10.8 Å². The van der Waals surface area contributed by atoms with Gasteiger partial charge in [0.05, 0.1) is 23.9 Å². The molecule has 0 fully saturated rings. The summed E-state index contributed by atoms with van der Waals surface area (Å²) in [6, 6.07) is 12.8. The minimum Gasteiger partial charge on any atom is -0.493 e. The number of hydrogen-bond donors (Lipinski definition) is 2. The molecule has 1 atom stereocenters. The van der Waals surface area contributed by atoms with Crippen LogP contribution in [0.4, 0.5) is 5.69 Å². The van der Waals surface area contributed by atoms with Gasteiger partial charge in [-0.25, -0.2) is 0 Å². The molecule has 4 rings (SSSR count). The molecule has 7 heteroatoms. The Hall–Kier alpha value is -3.12. The summed E-state index contributed by atoms with van der Waals surface area (Å²) in [6.07, 6.45) is 3.71. The van der Waals surface area contributed by atoms with Crippen molar-refractivity contribution in [1.82, 2.24) is 10.3 Å². The number of anilines is 1. The molecular formula is C22H20ClN3O3. The van der Waals surface area contributed by atoms with E-state index in [9.17, 15) is 9.59 Å². The zero-order chi connectivity index (χ0) is 20.4. The van der Waals surface area contributed by atoms with Crippen LogP contribution in [0.15, 0.2) is 54.9 Å².